The molecule has 0 spiro atoms. The number of carbonyl (C=O) groups is 1. The van der Waals surface area contributed by atoms with Crippen molar-refractivity contribution in [2.24, 2.45) is 5.84 Å². The average molecular weight is 241 g/mol. The van der Waals surface area contributed by atoms with E-state index in [2.05, 4.69) is 10.2 Å². The van der Waals surface area contributed by atoms with Gasteiger partial charge in [-0.15, -0.1) is 0 Å². The molecule has 0 fully saturated rings. The van der Waals surface area contributed by atoms with Crippen LogP contribution in [0.5, 0.6) is 0 Å². The van der Waals surface area contributed by atoms with Gasteiger partial charge in [0.25, 0.3) is 5.91 Å². The first-order valence-electron chi connectivity index (χ1n) is 4.41. The van der Waals surface area contributed by atoms with Gasteiger partial charge in [0.15, 0.2) is 5.69 Å². The fourth-order valence-electron chi connectivity index (χ4n) is 1.20. The second-order valence-electron chi connectivity index (χ2n) is 3.05. The summed E-state index contributed by atoms with van der Waals surface area (Å²) in [6, 6.07) is 1.56. The van der Waals surface area contributed by atoms with Crippen molar-refractivity contribution in [3.8, 4) is 0 Å². The average Bonchev–Trinajstić information content (AvgIpc) is 2.87. The van der Waals surface area contributed by atoms with Crippen molar-refractivity contribution in [2.45, 2.75) is 6.67 Å². The van der Waals surface area contributed by atoms with Gasteiger partial charge in [-0.1, -0.05) is 11.6 Å². The topological polar surface area (TPSA) is 90.8 Å². The van der Waals surface area contributed by atoms with Crippen molar-refractivity contribution in [3.63, 3.8) is 0 Å². The number of nitrogens with zero attached hydrogens (tertiary/aromatic N) is 4. The van der Waals surface area contributed by atoms with E-state index in [0.29, 0.717) is 11.7 Å². The van der Waals surface area contributed by atoms with Crippen molar-refractivity contribution < 1.29 is 4.79 Å². The molecule has 2 heterocycles. The van der Waals surface area contributed by atoms with Crippen LogP contribution in [0.15, 0.2) is 24.7 Å². The molecule has 84 valence electrons. The van der Waals surface area contributed by atoms with E-state index in [-0.39, 0.29) is 5.69 Å². The van der Waals surface area contributed by atoms with Gasteiger partial charge in [-0.25, -0.2) is 10.5 Å². The molecular weight excluding hydrogens is 232 g/mol. The number of amides is 1. The lowest BCUT2D eigenvalue weighted by Gasteiger charge is -2.00. The summed E-state index contributed by atoms with van der Waals surface area (Å²) in [5.41, 5.74) is 2.25. The van der Waals surface area contributed by atoms with Crippen LogP contribution in [0.3, 0.4) is 0 Å². The first kappa shape index (κ1) is 10.7. The lowest BCUT2D eigenvalue weighted by molar-refractivity contribution is 0.0947. The minimum Gasteiger partial charge on any atom is -0.289 e. The predicted molar refractivity (Wildman–Crippen MR) is 56.5 cm³/mol. The third kappa shape index (κ3) is 2.20. The van der Waals surface area contributed by atoms with Gasteiger partial charge in [-0.3, -0.25) is 14.9 Å². The second-order valence-corrected chi connectivity index (χ2v) is 3.49. The van der Waals surface area contributed by atoms with E-state index in [1.807, 2.05) is 5.43 Å². The number of hydrogen-bond acceptors (Lipinski definition) is 4. The maximum atomic E-state index is 11.1. The molecule has 2 aromatic heterocycles. The van der Waals surface area contributed by atoms with Crippen LogP contribution in [0.4, 0.5) is 0 Å². The first-order chi connectivity index (χ1) is 7.69. The maximum absolute atomic E-state index is 11.1. The molecule has 0 aromatic carbocycles. The van der Waals surface area contributed by atoms with Crippen LogP contribution in [-0.2, 0) is 6.67 Å². The normalized spacial score (nSPS) is 10.4. The van der Waals surface area contributed by atoms with Crippen LogP contribution in [0.2, 0.25) is 5.02 Å². The molecule has 0 radical (unpaired) electrons. The highest BCUT2D eigenvalue weighted by Gasteiger charge is 2.07. The number of nitrogens with one attached hydrogen (secondary N) is 1. The molecule has 8 heteroatoms. The zero-order valence-electron chi connectivity index (χ0n) is 8.17. The molecule has 1 amide bonds. The number of hydrazine groups is 1. The summed E-state index contributed by atoms with van der Waals surface area (Å²) in [5, 5.41) is 8.54. The van der Waals surface area contributed by atoms with Gasteiger partial charge in [0.2, 0.25) is 0 Å². The minimum absolute atomic E-state index is 0.251. The van der Waals surface area contributed by atoms with Crippen LogP contribution in [0.25, 0.3) is 0 Å². The molecule has 7 nitrogen and oxygen atoms in total. The molecule has 0 saturated carbocycles. The van der Waals surface area contributed by atoms with E-state index in [0.717, 1.165) is 0 Å². The molecule has 0 atom stereocenters. The van der Waals surface area contributed by atoms with Crippen LogP contribution in [0.1, 0.15) is 10.5 Å². The largest absolute Gasteiger partial charge is 0.289 e. The molecule has 2 aromatic rings. The zero-order valence-corrected chi connectivity index (χ0v) is 8.92. The third-order valence-electron chi connectivity index (χ3n) is 1.90. The van der Waals surface area contributed by atoms with E-state index in [4.69, 9.17) is 17.4 Å². The van der Waals surface area contributed by atoms with Gasteiger partial charge in [-0.05, 0) is 6.07 Å². The highest BCUT2D eigenvalue weighted by molar-refractivity contribution is 6.30. The smallest absolute Gasteiger partial charge is 0.285 e. The van der Waals surface area contributed by atoms with Crippen LogP contribution < -0.4 is 11.3 Å². The van der Waals surface area contributed by atoms with Gasteiger partial charge in [0.1, 0.15) is 6.67 Å². The maximum Gasteiger partial charge on any atom is 0.285 e. The summed E-state index contributed by atoms with van der Waals surface area (Å²) < 4.78 is 3.15. The van der Waals surface area contributed by atoms with Gasteiger partial charge >= 0.3 is 0 Å². The summed E-state index contributed by atoms with van der Waals surface area (Å²) in [6.45, 7) is 0.380. The first-order valence-corrected chi connectivity index (χ1v) is 4.79. The second kappa shape index (κ2) is 4.33. The number of rotatable bonds is 3. The molecule has 16 heavy (non-hydrogen) atoms. The van der Waals surface area contributed by atoms with Crippen molar-refractivity contribution >= 4 is 17.5 Å². The molecule has 3 N–H and O–H groups in total. The van der Waals surface area contributed by atoms with Gasteiger partial charge < -0.3 is 0 Å². The van der Waals surface area contributed by atoms with Crippen LogP contribution in [-0.4, -0.2) is 25.5 Å². The Bertz CT molecular complexity index is 504. The van der Waals surface area contributed by atoms with Gasteiger partial charge in [0.05, 0.1) is 11.2 Å². The number of halogens is 1. The monoisotopic (exact) mass is 240 g/mol. The molecule has 0 bridgehead atoms. The number of aromatic nitrogens is 4. The Morgan fingerprint density at radius 2 is 2.38 bits per heavy atom. The summed E-state index contributed by atoms with van der Waals surface area (Å²) in [6.07, 6.45) is 4.84. The Morgan fingerprint density at radius 1 is 1.56 bits per heavy atom. The standard InChI is InChI=1S/C8H9ClN6O/c9-6-3-11-15(4-6)5-14-2-1-7(13-14)8(16)12-10/h1-4H,5,10H2,(H,12,16). The van der Waals surface area contributed by atoms with Crippen LogP contribution >= 0.6 is 11.6 Å². The summed E-state index contributed by atoms with van der Waals surface area (Å²) in [7, 11) is 0. The van der Waals surface area contributed by atoms with E-state index in [9.17, 15) is 4.79 Å². The molecule has 0 unspecified atom stereocenters. The zero-order chi connectivity index (χ0) is 11.5. The minimum atomic E-state index is -0.433. The number of nitrogens with two attached hydrogens (primary N) is 1. The van der Waals surface area contributed by atoms with E-state index in [1.54, 1.807) is 27.8 Å². The summed E-state index contributed by atoms with van der Waals surface area (Å²) in [5.74, 6) is 4.55. The SMILES string of the molecule is NNC(=O)c1ccn(Cn2cc(Cl)cn2)n1. The number of nitrogen functional groups attached to an aromatic ring is 1. The highest BCUT2D eigenvalue weighted by atomic mass is 35.5. The molecule has 0 saturated heterocycles. The molecule has 0 aliphatic carbocycles. The molecule has 0 aliphatic rings. The summed E-state index contributed by atoms with van der Waals surface area (Å²) >= 11 is 5.71. The molecule has 0 aliphatic heterocycles. The van der Waals surface area contributed by atoms with Crippen LogP contribution in [0, 0.1) is 0 Å². The Hall–Kier alpha value is -1.86. The van der Waals surface area contributed by atoms with Gasteiger partial charge in [-0.2, -0.15) is 10.2 Å². The summed E-state index contributed by atoms with van der Waals surface area (Å²) in [4.78, 5) is 11.1. The Kier molecular flexibility index (Phi) is 2.88. The molecule has 2 rings (SSSR count). The highest BCUT2D eigenvalue weighted by Crippen LogP contribution is 2.04. The van der Waals surface area contributed by atoms with Crippen molar-refractivity contribution in [1.82, 2.24) is 25.0 Å². The van der Waals surface area contributed by atoms with Crippen molar-refractivity contribution in [2.75, 3.05) is 0 Å². The lowest BCUT2D eigenvalue weighted by atomic mass is 10.4. The Labute approximate surface area is 95.8 Å². The van der Waals surface area contributed by atoms with Crippen molar-refractivity contribution in [3.05, 3.63) is 35.4 Å². The number of hydrogen-bond donors (Lipinski definition) is 2. The van der Waals surface area contributed by atoms with Gasteiger partial charge in [0, 0.05) is 12.4 Å². The van der Waals surface area contributed by atoms with E-state index in [1.165, 1.54) is 6.20 Å². The lowest BCUT2D eigenvalue weighted by Crippen LogP contribution is -2.30. The van der Waals surface area contributed by atoms with E-state index >= 15 is 0 Å². The Balaban J connectivity index is 2.11. The van der Waals surface area contributed by atoms with E-state index < -0.39 is 5.91 Å². The third-order valence-corrected chi connectivity index (χ3v) is 2.09. The Morgan fingerprint density at radius 3 is 3.00 bits per heavy atom. The quantitative estimate of drug-likeness (QED) is 0.443. The fourth-order valence-corrected chi connectivity index (χ4v) is 1.36. The molecular formula is C8H9ClN6O. The predicted octanol–water partition coefficient (Wildman–Crippen LogP) is -0.158. The van der Waals surface area contributed by atoms with Crippen molar-refractivity contribution in [1.29, 1.82) is 0 Å². The number of carbonyl (C=O) groups excluding carboxylic acids is 1. The fraction of sp³-hybridized carbons (Fsp3) is 0.125.